The van der Waals surface area contributed by atoms with Gasteiger partial charge in [0.2, 0.25) is 0 Å². The Labute approximate surface area is 101 Å². The normalized spacial score (nSPS) is 10.5. The van der Waals surface area contributed by atoms with Gasteiger partial charge in [-0.1, -0.05) is 13.3 Å². The maximum Gasteiger partial charge on any atom is 0.119 e. The monoisotopic (exact) mass is 231 g/mol. The van der Waals surface area contributed by atoms with E-state index in [1.807, 2.05) is 24.3 Å². The van der Waals surface area contributed by atoms with E-state index in [0.717, 1.165) is 40.9 Å². The number of nitrogens with one attached hydrogen (secondary N) is 1. The Bertz CT molecular complexity index is 525. The zero-order valence-electron chi connectivity index (χ0n) is 10.2. The maximum atomic E-state index is 5.55. The van der Waals surface area contributed by atoms with Gasteiger partial charge in [0, 0.05) is 11.1 Å². The molecule has 17 heavy (non-hydrogen) atoms. The first kappa shape index (κ1) is 11.7. The van der Waals surface area contributed by atoms with Crippen LogP contribution in [0.15, 0.2) is 24.3 Å². The van der Waals surface area contributed by atoms with Crippen LogP contribution in [0.5, 0.6) is 5.75 Å². The average Bonchev–Trinajstić information content (AvgIpc) is 2.37. The van der Waals surface area contributed by atoms with Crippen LogP contribution in [0.1, 0.15) is 19.0 Å². The summed E-state index contributed by atoms with van der Waals surface area (Å²) in [6.45, 7) is 2.13. The van der Waals surface area contributed by atoms with Gasteiger partial charge in [-0.05, 0) is 30.7 Å². The number of nitrogens with two attached hydrogens (primary N) is 1. The molecule has 1 aromatic heterocycles. The molecule has 1 heterocycles. The number of hydrogen-bond acceptors (Lipinski definition) is 4. The van der Waals surface area contributed by atoms with Crippen LogP contribution in [0.4, 0.5) is 5.69 Å². The Morgan fingerprint density at radius 2 is 2.18 bits per heavy atom. The van der Waals surface area contributed by atoms with Crippen LogP contribution >= 0.6 is 0 Å². The number of aromatic nitrogens is 1. The van der Waals surface area contributed by atoms with Gasteiger partial charge < -0.3 is 10.2 Å². The van der Waals surface area contributed by atoms with E-state index in [1.54, 1.807) is 7.11 Å². The molecular formula is C13H17N3O. The minimum atomic E-state index is 0.805. The number of fused-ring (bicyclic) bond motifs is 1. The minimum Gasteiger partial charge on any atom is -0.497 e. The van der Waals surface area contributed by atoms with Gasteiger partial charge in [0.05, 0.1) is 18.3 Å². The van der Waals surface area contributed by atoms with Gasteiger partial charge in [-0.15, -0.1) is 0 Å². The molecule has 0 fully saturated rings. The summed E-state index contributed by atoms with van der Waals surface area (Å²) < 4.78 is 5.20. The van der Waals surface area contributed by atoms with Crippen LogP contribution in [0.25, 0.3) is 10.9 Å². The second-order valence-corrected chi connectivity index (χ2v) is 3.94. The summed E-state index contributed by atoms with van der Waals surface area (Å²) in [6, 6.07) is 7.79. The highest BCUT2D eigenvalue weighted by Gasteiger charge is 2.06. The van der Waals surface area contributed by atoms with Gasteiger partial charge in [-0.2, -0.15) is 0 Å². The molecular weight excluding hydrogens is 214 g/mol. The zero-order valence-corrected chi connectivity index (χ0v) is 10.2. The Kier molecular flexibility index (Phi) is 3.44. The smallest absolute Gasteiger partial charge is 0.119 e. The van der Waals surface area contributed by atoms with Crippen LogP contribution in [0, 0.1) is 0 Å². The number of methoxy groups -OCH3 is 1. The fourth-order valence-corrected chi connectivity index (χ4v) is 1.89. The standard InChI is InChI=1S/C13H17N3O/c1-3-4-9-7-13(16-14)11-8-10(17-2)5-6-12(11)15-9/h5-8H,3-4,14H2,1-2H3,(H,15,16). The highest BCUT2D eigenvalue weighted by atomic mass is 16.5. The molecule has 0 bridgehead atoms. The van der Waals surface area contributed by atoms with Gasteiger partial charge in [-0.3, -0.25) is 10.8 Å². The van der Waals surface area contributed by atoms with Crippen molar-refractivity contribution < 1.29 is 4.74 Å². The fourth-order valence-electron chi connectivity index (χ4n) is 1.89. The number of ether oxygens (including phenoxy) is 1. The predicted octanol–water partition coefficient (Wildman–Crippen LogP) is 2.48. The summed E-state index contributed by atoms with van der Waals surface area (Å²) in [5, 5.41) is 0.978. The lowest BCUT2D eigenvalue weighted by atomic mass is 10.1. The summed E-state index contributed by atoms with van der Waals surface area (Å²) in [7, 11) is 1.65. The quantitative estimate of drug-likeness (QED) is 0.627. The van der Waals surface area contributed by atoms with Gasteiger partial charge in [0.15, 0.2) is 0 Å². The maximum absolute atomic E-state index is 5.55. The molecule has 0 spiro atoms. The summed E-state index contributed by atoms with van der Waals surface area (Å²) in [6.07, 6.45) is 2.02. The van der Waals surface area contributed by atoms with E-state index < -0.39 is 0 Å². The lowest BCUT2D eigenvalue weighted by Gasteiger charge is -2.09. The highest BCUT2D eigenvalue weighted by molar-refractivity contribution is 5.92. The van der Waals surface area contributed by atoms with E-state index in [-0.39, 0.29) is 0 Å². The molecule has 4 nitrogen and oxygen atoms in total. The van der Waals surface area contributed by atoms with Gasteiger partial charge >= 0.3 is 0 Å². The summed E-state index contributed by atoms with van der Waals surface area (Å²) in [4.78, 5) is 4.60. The van der Waals surface area contributed by atoms with Crippen LogP contribution < -0.4 is 16.0 Å². The molecule has 4 heteroatoms. The molecule has 0 aliphatic carbocycles. The van der Waals surface area contributed by atoms with Crippen molar-refractivity contribution in [2.75, 3.05) is 12.5 Å². The Balaban J connectivity index is 2.60. The molecule has 0 atom stereocenters. The van der Waals surface area contributed by atoms with Crippen molar-refractivity contribution in [1.29, 1.82) is 0 Å². The average molecular weight is 231 g/mol. The number of anilines is 1. The number of aryl methyl sites for hydroxylation is 1. The van der Waals surface area contributed by atoms with E-state index in [0.29, 0.717) is 0 Å². The highest BCUT2D eigenvalue weighted by Crippen LogP contribution is 2.26. The molecule has 0 amide bonds. The van der Waals surface area contributed by atoms with Crippen molar-refractivity contribution in [3.8, 4) is 5.75 Å². The van der Waals surface area contributed by atoms with Crippen LogP contribution in [-0.2, 0) is 6.42 Å². The Morgan fingerprint density at radius 3 is 2.82 bits per heavy atom. The van der Waals surface area contributed by atoms with Gasteiger partial charge in [-0.25, -0.2) is 0 Å². The summed E-state index contributed by atoms with van der Waals surface area (Å²) >= 11 is 0. The van der Waals surface area contributed by atoms with Crippen molar-refractivity contribution in [2.24, 2.45) is 5.84 Å². The fraction of sp³-hybridized carbons (Fsp3) is 0.308. The van der Waals surface area contributed by atoms with Gasteiger partial charge in [0.25, 0.3) is 0 Å². The third kappa shape index (κ3) is 2.31. The van der Waals surface area contributed by atoms with E-state index in [9.17, 15) is 0 Å². The molecule has 0 saturated carbocycles. The molecule has 1 aromatic carbocycles. The third-order valence-electron chi connectivity index (χ3n) is 2.73. The number of nitrogen functional groups attached to an aromatic ring is 1. The second-order valence-electron chi connectivity index (χ2n) is 3.94. The minimum absolute atomic E-state index is 0.805. The number of hydrazine groups is 1. The van der Waals surface area contributed by atoms with Crippen molar-refractivity contribution >= 4 is 16.6 Å². The molecule has 2 aromatic rings. The molecule has 0 aliphatic rings. The van der Waals surface area contributed by atoms with E-state index >= 15 is 0 Å². The number of nitrogens with zero attached hydrogens (tertiary/aromatic N) is 1. The third-order valence-corrected chi connectivity index (χ3v) is 2.73. The van der Waals surface area contributed by atoms with Crippen molar-refractivity contribution in [3.05, 3.63) is 30.0 Å². The number of rotatable bonds is 4. The van der Waals surface area contributed by atoms with E-state index in [1.165, 1.54) is 0 Å². The lowest BCUT2D eigenvalue weighted by Crippen LogP contribution is -2.08. The van der Waals surface area contributed by atoms with Crippen LogP contribution in [0.2, 0.25) is 0 Å². The van der Waals surface area contributed by atoms with Gasteiger partial charge in [0.1, 0.15) is 5.75 Å². The molecule has 0 radical (unpaired) electrons. The molecule has 0 unspecified atom stereocenters. The summed E-state index contributed by atoms with van der Waals surface area (Å²) in [5.41, 5.74) is 5.60. The van der Waals surface area contributed by atoms with E-state index in [2.05, 4.69) is 17.3 Å². The molecule has 90 valence electrons. The Hall–Kier alpha value is -1.81. The zero-order chi connectivity index (χ0) is 12.3. The number of benzene rings is 1. The molecule has 3 N–H and O–H groups in total. The molecule has 0 aliphatic heterocycles. The molecule has 2 rings (SSSR count). The second kappa shape index (κ2) is 5.01. The van der Waals surface area contributed by atoms with Crippen LogP contribution in [0.3, 0.4) is 0 Å². The topological polar surface area (TPSA) is 60.2 Å². The first-order chi connectivity index (χ1) is 8.28. The number of pyridine rings is 1. The van der Waals surface area contributed by atoms with Crippen molar-refractivity contribution in [3.63, 3.8) is 0 Å². The number of hydrogen-bond donors (Lipinski definition) is 2. The first-order valence-corrected chi connectivity index (χ1v) is 5.72. The Morgan fingerprint density at radius 1 is 1.35 bits per heavy atom. The van der Waals surface area contributed by atoms with Crippen molar-refractivity contribution in [2.45, 2.75) is 19.8 Å². The predicted molar refractivity (Wildman–Crippen MR) is 70.1 cm³/mol. The SMILES string of the molecule is CCCc1cc(NN)c2cc(OC)ccc2n1. The largest absolute Gasteiger partial charge is 0.497 e. The van der Waals surface area contributed by atoms with E-state index in [4.69, 9.17) is 10.6 Å². The summed E-state index contributed by atoms with van der Waals surface area (Å²) in [5.74, 6) is 6.36. The first-order valence-electron chi connectivity index (χ1n) is 5.72. The van der Waals surface area contributed by atoms with Crippen LogP contribution in [-0.4, -0.2) is 12.1 Å². The van der Waals surface area contributed by atoms with Crippen molar-refractivity contribution in [1.82, 2.24) is 4.98 Å². The lowest BCUT2D eigenvalue weighted by molar-refractivity contribution is 0.415. The molecule has 0 saturated heterocycles.